The van der Waals surface area contributed by atoms with Crippen molar-refractivity contribution in [3.63, 3.8) is 0 Å². The zero-order chi connectivity index (χ0) is 13.9. The van der Waals surface area contributed by atoms with E-state index in [9.17, 15) is 8.78 Å². The summed E-state index contributed by atoms with van der Waals surface area (Å²) < 4.78 is 26.3. The summed E-state index contributed by atoms with van der Waals surface area (Å²) in [5, 5.41) is 2.39. The van der Waals surface area contributed by atoms with Crippen LogP contribution in [0, 0.1) is 11.6 Å². The number of hydrogen-bond acceptors (Lipinski definition) is 0. The maximum absolute atomic E-state index is 13.1. The fourth-order valence-electron chi connectivity index (χ4n) is 2.94. The van der Waals surface area contributed by atoms with Crippen molar-refractivity contribution in [3.8, 4) is 0 Å². The second kappa shape index (κ2) is 6.01. The molecule has 20 heavy (non-hydrogen) atoms. The van der Waals surface area contributed by atoms with Crippen LogP contribution in [-0.4, -0.2) is 5.66 Å². The molecule has 0 bridgehead atoms. The first-order chi connectivity index (χ1) is 9.74. The Kier molecular flexibility index (Phi) is 4.12. The molecule has 2 aromatic rings. The summed E-state index contributed by atoms with van der Waals surface area (Å²) in [7, 11) is -0.510. The van der Waals surface area contributed by atoms with E-state index in [1.165, 1.54) is 60.6 Å². The lowest BCUT2D eigenvalue weighted by Crippen LogP contribution is -2.20. The molecule has 0 radical (unpaired) electrons. The molecule has 2 aromatic carbocycles. The molecule has 0 saturated heterocycles. The van der Waals surface area contributed by atoms with Crippen molar-refractivity contribution in [2.45, 2.75) is 31.3 Å². The van der Waals surface area contributed by atoms with Gasteiger partial charge in [-0.2, -0.15) is 0 Å². The highest BCUT2D eigenvalue weighted by atomic mass is 31.1. The zero-order valence-corrected chi connectivity index (χ0v) is 12.1. The van der Waals surface area contributed by atoms with E-state index in [0.717, 1.165) is 0 Å². The van der Waals surface area contributed by atoms with E-state index >= 15 is 0 Å². The molecule has 104 valence electrons. The lowest BCUT2D eigenvalue weighted by atomic mass is 10.3. The van der Waals surface area contributed by atoms with Gasteiger partial charge in [0.2, 0.25) is 0 Å². The van der Waals surface area contributed by atoms with E-state index < -0.39 is 7.92 Å². The molecule has 0 atom stereocenters. The largest absolute Gasteiger partial charge is 0.207 e. The van der Waals surface area contributed by atoms with Gasteiger partial charge in [0, 0.05) is 0 Å². The van der Waals surface area contributed by atoms with Gasteiger partial charge in [0.15, 0.2) is 0 Å². The maximum Gasteiger partial charge on any atom is 0.123 e. The van der Waals surface area contributed by atoms with Crippen molar-refractivity contribution in [2.75, 3.05) is 0 Å². The van der Waals surface area contributed by atoms with Crippen molar-refractivity contribution >= 4 is 18.5 Å². The third-order valence-electron chi connectivity index (χ3n) is 3.90. The predicted octanol–water partition coefficient (Wildman–Crippen LogP) is 4.34. The van der Waals surface area contributed by atoms with Crippen LogP contribution in [0.5, 0.6) is 0 Å². The molecule has 1 saturated carbocycles. The zero-order valence-electron chi connectivity index (χ0n) is 11.2. The average Bonchev–Trinajstić information content (AvgIpc) is 2.97. The molecule has 1 aliphatic carbocycles. The molecule has 3 heteroatoms. The van der Waals surface area contributed by atoms with Crippen molar-refractivity contribution in [2.24, 2.45) is 0 Å². The fraction of sp³-hybridized carbons (Fsp3) is 0.294. The van der Waals surface area contributed by atoms with Gasteiger partial charge in [-0.15, -0.1) is 0 Å². The minimum Gasteiger partial charge on any atom is -0.207 e. The lowest BCUT2D eigenvalue weighted by molar-refractivity contribution is 0.628. The number of rotatable bonds is 3. The van der Waals surface area contributed by atoms with Gasteiger partial charge in [0.25, 0.3) is 0 Å². The Bertz CT molecular complexity index is 511. The van der Waals surface area contributed by atoms with Crippen LogP contribution < -0.4 is 10.6 Å². The summed E-state index contributed by atoms with van der Waals surface area (Å²) >= 11 is 0. The molecule has 0 amide bonds. The minimum absolute atomic E-state index is 0.200. The predicted molar refractivity (Wildman–Crippen MR) is 81.2 cm³/mol. The van der Waals surface area contributed by atoms with E-state index in [2.05, 4.69) is 0 Å². The highest BCUT2D eigenvalue weighted by molar-refractivity contribution is 7.73. The van der Waals surface area contributed by atoms with Gasteiger partial charge in [0.05, 0.1) is 0 Å². The molecule has 1 aliphatic rings. The van der Waals surface area contributed by atoms with E-state index in [-0.39, 0.29) is 11.6 Å². The summed E-state index contributed by atoms with van der Waals surface area (Å²) in [6.45, 7) is 0. The molecule has 0 spiro atoms. The van der Waals surface area contributed by atoms with Crippen LogP contribution in [0.4, 0.5) is 8.78 Å². The number of hydrogen-bond donors (Lipinski definition) is 0. The molecular formula is C17H17F2P. The average molecular weight is 290 g/mol. The first-order valence-corrected chi connectivity index (χ1v) is 8.45. The van der Waals surface area contributed by atoms with Crippen LogP contribution in [0.15, 0.2) is 48.5 Å². The Balaban J connectivity index is 1.98. The summed E-state index contributed by atoms with van der Waals surface area (Å²) in [4.78, 5) is 0. The van der Waals surface area contributed by atoms with Gasteiger partial charge in [-0.3, -0.25) is 0 Å². The first kappa shape index (κ1) is 13.7. The quantitative estimate of drug-likeness (QED) is 0.738. The fourth-order valence-corrected chi connectivity index (χ4v) is 5.90. The van der Waals surface area contributed by atoms with E-state index in [4.69, 9.17) is 0 Å². The molecule has 0 unspecified atom stereocenters. The van der Waals surface area contributed by atoms with Gasteiger partial charge < -0.3 is 0 Å². The Morgan fingerprint density at radius 3 is 1.50 bits per heavy atom. The summed E-state index contributed by atoms with van der Waals surface area (Å²) in [6.07, 6.45) is 4.98. The van der Waals surface area contributed by atoms with Crippen molar-refractivity contribution in [1.29, 1.82) is 0 Å². The third kappa shape index (κ3) is 2.91. The number of benzene rings is 2. The second-order valence-electron chi connectivity index (χ2n) is 5.26. The summed E-state index contributed by atoms with van der Waals surface area (Å²) in [5.74, 6) is -0.400. The van der Waals surface area contributed by atoms with Gasteiger partial charge >= 0.3 is 0 Å². The van der Waals surface area contributed by atoms with Crippen LogP contribution >= 0.6 is 7.92 Å². The molecule has 0 nitrogen and oxygen atoms in total. The lowest BCUT2D eigenvalue weighted by Gasteiger charge is -2.25. The third-order valence-corrected chi connectivity index (χ3v) is 6.86. The smallest absolute Gasteiger partial charge is 0.123 e. The minimum atomic E-state index is -0.510. The van der Waals surface area contributed by atoms with Crippen LogP contribution in [0.2, 0.25) is 0 Å². The monoisotopic (exact) mass is 290 g/mol. The van der Waals surface area contributed by atoms with Crippen molar-refractivity contribution in [1.82, 2.24) is 0 Å². The highest BCUT2D eigenvalue weighted by Gasteiger charge is 2.27. The van der Waals surface area contributed by atoms with E-state index in [0.29, 0.717) is 5.66 Å². The molecule has 0 N–H and O–H groups in total. The topological polar surface area (TPSA) is 0 Å². The Hall–Kier alpha value is -1.27. The van der Waals surface area contributed by atoms with E-state index in [1.54, 1.807) is 0 Å². The molecule has 3 rings (SSSR count). The summed E-state index contributed by atoms with van der Waals surface area (Å²) in [6, 6.07) is 13.7. The Morgan fingerprint density at radius 2 is 1.10 bits per heavy atom. The normalized spacial score (nSPS) is 15.9. The van der Waals surface area contributed by atoms with Gasteiger partial charge in [-0.05, 0) is 61.3 Å². The first-order valence-electron chi connectivity index (χ1n) is 7.04. The van der Waals surface area contributed by atoms with Crippen LogP contribution in [-0.2, 0) is 0 Å². The Labute approximate surface area is 119 Å². The van der Waals surface area contributed by atoms with Crippen LogP contribution in [0.25, 0.3) is 0 Å². The molecular weight excluding hydrogens is 273 g/mol. The van der Waals surface area contributed by atoms with Crippen LogP contribution in [0.1, 0.15) is 25.7 Å². The van der Waals surface area contributed by atoms with Gasteiger partial charge in [-0.25, -0.2) is 8.78 Å². The number of halogens is 2. The van der Waals surface area contributed by atoms with E-state index in [1.807, 2.05) is 24.3 Å². The Morgan fingerprint density at radius 1 is 0.700 bits per heavy atom. The highest BCUT2D eigenvalue weighted by Crippen LogP contribution is 2.47. The SMILES string of the molecule is Fc1ccc(P(c2ccc(F)cc2)C2CCCC2)cc1. The van der Waals surface area contributed by atoms with Gasteiger partial charge in [0.1, 0.15) is 11.6 Å². The molecule has 0 aromatic heterocycles. The summed E-state index contributed by atoms with van der Waals surface area (Å²) in [5.41, 5.74) is 0.640. The van der Waals surface area contributed by atoms with Crippen molar-refractivity contribution in [3.05, 3.63) is 60.2 Å². The van der Waals surface area contributed by atoms with Crippen molar-refractivity contribution < 1.29 is 8.78 Å². The molecule has 1 fully saturated rings. The van der Waals surface area contributed by atoms with Gasteiger partial charge in [-0.1, -0.05) is 37.1 Å². The maximum atomic E-state index is 13.1. The molecule has 0 heterocycles. The van der Waals surface area contributed by atoms with Crippen LogP contribution in [0.3, 0.4) is 0 Å². The second-order valence-corrected chi connectivity index (χ2v) is 7.76. The molecule has 0 aliphatic heterocycles. The standard InChI is InChI=1S/C17H17F2P/c18-13-5-9-16(10-6-13)20(15-3-1-2-4-15)17-11-7-14(19)8-12-17/h5-12,15H,1-4H2.